The summed E-state index contributed by atoms with van der Waals surface area (Å²) in [5, 5.41) is 1.67. The molecule has 0 saturated carbocycles. The first-order chi connectivity index (χ1) is 14.9. The van der Waals surface area contributed by atoms with Crippen molar-refractivity contribution in [1.82, 2.24) is 4.31 Å². The highest BCUT2D eigenvalue weighted by Gasteiger charge is 2.36. The molecule has 6 nitrogen and oxygen atoms in total. The summed E-state index contributed by atoms with van der Waals surface area (Å²) in [6.45, 7) is 1.06. The van der Waals surface area contributed by atoms with E-state index in [2.05, 4.69) is 0 Å². The molecule has 1 aliphatic heterocycles. The third-order valence-electron chi connectivity index (χ3n) is 5.23. The summed E-state index contributed by atoms with van der Waals surface area (Å²) in [4.78, 5) is 14.2. The molecule has 1 fully saturated rings. The van der Waals surface area contributed by atoms with E-state index in [4.69, 9.17) is 4.74 Å². The van der Waals surface area contributed by atoms with Crippen molar-refractivity contribution >= 4 is 33.0 Å². The maximum atomic E-state index is 14.1. The lowest BCUT2D eigenvalue weighted by Gasteiger charge is -2.35. The highest BCUT2D eigenvalue weighted by molar-refractivity contribution is 7.89. The van der Waals surface area contributed by atoms with Crippen molar-refractivity contribution in [2.45, 2.75) is 4.90 Å². The van der Waals surface area contributed by atoms with E-state index in [0.29, 0.717) is 29.9 Å². The van der Waals surface area contributed by atoms with Crippen LogP contribution < -0.4 is 4.90 Å². The van der Waals surface area contributed by atoms with Crippen LogP contribution in [0.1, 0.15) is 9.67 Å². The summed E-state index contributed by atoms with van der Waals surface area (Å²) in [5.74, 6) is -1.02. The minimum atomic E-state index is -3.98. The van der Waals surface area contributed by atoms with Gasteiger partial charge in [0.2, 0.25) is 10.0 Å². The molecule has 0 amide bonds. The first kappa shape index (κ1) is 21.5. The van der Waals surface area contributed by atoms with Crippen LogP contribution in [0.2, 0.25) is 0 Å². The average molecular weight is 461 g/mol. The van der Waals surface area contributed by atoms with E-state index in [9.17, 15) is 17.6 Å². The first-order valence-corrected chi connectivity index (χ1v) is 12.0. The zero-order chi connectivity index (χ0) is 22.0. The van der Waals surface area contributed by atoms with Crippen molar-refractivity contribution in [2.24, 2.45) is 0 Å². The van der Waals surface area contributed by atoms with Gasteiger partial charge in [0.25, 0.3) is 0 Å². The molecule has 4 rings (SSSR count). The predicted molar refractivity (Wildman–Crippen MR) is 118 cm³/mol. The molecule has 9 heteroatoms. The number of hydrogen-bond donors (Lipinski definition) is 0. The van der Waals surface area contributed by atoms with Gasteiger partial charge >= 0.3 is 5.97 Å². The third-order valence-corrected chi connectivity index (χ3v) is 8.30. The van der Waals surface area contributed by atoms with Crippen LogP contribution in [0.5, 0.6) is 0 Å². The van der Waals surface area contributed by atoms with E-state index < -0.39 is 16.0 Å². The number of ether oxygens (including phenoxy) is 1. The number of methoxy groups -OCH3 is 1. The molecule has 3 aromatic rings. The number of sulfonamides is 1. The molecule has 162 valence electrons. The molecule has 0 spiro atoms. The van der Waals surface area contributed by atoms with Crippen LogP contribution in [0.4, 0.5) is 10.1 Å². The smallest absolute Gasteiger partial charge is 0.349 e. The van der Waals surface area contributed by atoms with Gasteiger partial charge in [-0.2, -0.15) is 4.31 Å². The van der Waals surface area contributed by atoms with Gasteiger partial charge in [-0.1, -0.05) is 42.5 Å². The van der Waals surface area contributed by atoms with Crippen LogP contribution in [-0.4, -0.2) is 52.0 Å². The fourth-order valence-electron chi connectivity index (χ4n) is 3.66. The van der Waals surface area contributed by atoms with Crippen molar-refractivity contribution in [3.63, 3.8) is 0 Å². The number of piperazine rings is 1. The molecule has 0 aliphatic carbocycles. The highest BCUT2D eigenvalue weighted by atomic mass is 32.2. The molecular weight excluding hydrogens is 439 g/mol. The largest absolute Gasteiger partial charge is 0.465 e. The van der Waals surface area contributed by atoms with E-state index >= 15 is 0 Å². The summed E-state index contributed by atoms with van der Waals surface area (Å²) in [6.07, 6.45) is 0. The van der Waals surface area contributed by atoms with E-state index in [0.717, 1.165) is 11.3 Å². The molecule has 1 aromatic heterocycles. The van der Waals surface area contributed by atoms with E-state index in [-0.39, 0.29) is 28.7 Å². The molecule has 31 heavy (non-hydrogen) atoms. The molecule has 0 radical (unpaired) electrons. The monoisotopic (exact) mass is 460 g/mol. The summed E-state index contributed by atoms with van der Waals surface area (Å²) in [5.41, 5.74) is 1.63. The number of carbonyl (C=O) groups excluding carboxylic acids is 1. The Morgan fingerprint density at radius 1 is 1.00 bits per heavy atom. The number of carbonyl (C=O) groups is 1. The summed E-state index contributed by atoms with van der Waals surface area (Å²) >= 11 is 1.05. The van der Waals surface area contributed by atoms with Gasteiger partial charge in [-0.25, -0.2) is 17.6 Å². The number of hydrogen-bond acceptors (Lipinski definition) is 6. The van der Waals surface area contributed by atoms with Crippen LogP contribution in [-0.2, 0) is 14.8 Å². The number of nitrogens with zero attached hydrogens (tertiary/aromatic N) is 2. The highest BCUT2D eigenvalue weighted by Crippen LogP contribution is 2.37. The maximum absolute atomic E-state index is 14.1. The second-order valence-corrected chi connectivity index (χ2v) is 9.76. The van der Waals surface area contributed by atoms with Crippen molar-refractivity contribution in [3.8, 4) is 11.1 Å². The van der Waals surface area contributed by atoms with Gasteiger partial charge < -0.3 is 9.64 Å². The van der Waals surface area contributed by atoms with Gasteiger partial charge in [0, 0.05) is 37.1 Å². The Balaban J connectivity index is 1.67. The average Bonchev–Trinajstić information content (AvgIpc) is 3.26. The number of rotatable bonds is 5. The van der Waals surface area contributed by atoms with Crippen molar-refractivity contribution in [2.75, 3.05) is 38.2 Å². The van der Waals surface area contributed by atoms with Gasteiger partial charge in [0.1, 0.15) is 15.6 Å². The number of thiophene rings is 1. The second-order valence-electron chi connectivity index (χ2n) is 7.01. The molecule has 0 atom stereocenters. The Kier molecular flexibility index (Phi) is 6.08. The second kappa shape index (κ2) is 8.78. The fourth-order valence-corrected chi connectivity index (χ4v) is 6.76. The number of halogens is 1. The standard InChI is InChI=1S/C22H21FN2O4S2/c1-29-22(26)20-21(17(15-30-20)16-7-3-2-4-8-16)31(27,28)25-13-11-24(12-14-25)19-10-6-5-9-18(19)23/h2-10,15H,11-14H2,1H3. The molecule has 2 heterocycles. The molecule has 2 aromatic carbocycles. The normalized spacial score (nSPS) is 15.1. The van der Waals surface area contributed by atoms with E-state index in [1.807, 2.05) is 23.1 Å². The molecule has 0 N–H and O–H groups in total. The number of para-hydroxylation sites is 1. The summed E-state index contributed by atoms with van der Waals surface area (Å²) in [6, 6.07) is 15.5. The number of benzene rings is 2. The molecule has 0 unspecified atom stereocenters. The minimum Gasteiger partial charge on any atom is -0.465 e. The Bertz CT molecular complexity index is 1190. The van der Waals surface area contributed by atoms with Crippen LogP contribution in [0.25, 0.3) is 11.1 Å². The molecular formula is C22H21FN2O4S2. The predicted octanol–water partition coefficient (Wildman–Crippen LogP) is 3.85. The lowest BCUT2D eigenvalue weighted by atomic mass is 10.1. The van der Waals surface area contributed by atoms with Gasteiger partial charge in [0.05, 0.1) is 12.8 Å². The quantitative estimate of drug-likeness (QED) is 0.541. The van der Waals surface area contributed by atoms with Crippen molar-refractivity contribution in [3.05, 3.63) is 70.7 Å². The van der Waals surface area contributed by atoms with Crippen LogP contribution in [0.3, 0.4) is 0 Å². The van der Waals surface area contributed by atoms with Gasteiger partial charge in [0.15, 0.2) is 0 Å². The van der Waals surface area contributed by atoms with Crippen LogP contribution in [0, 0.1) is 5.82 Å². The minimum absolute atomic E-state index is 0.0325. The van der Waals surface area contributed by atoms with Crippen molar-refractivity contribution < 1.29 is 22.3 Å². The zero-order valence-electron chi connectivity index (χ0n) is 16.8. The summed E-state index contributed by atoms with van der Waals surface area (Å²) in [7, 11) is -2.75. The topological polar surface area (TPSA) is 66.9 Å². The molecule has 1 saturated heterocycles. The third kappa shape index (κ3) is 4.08. The molecule has 0 bridgehead atoms. The Labute approximate surface area is 184 Å². The van der Waals surface area contributed by atoms with E-state index in [1.54, 1.807) is 35.7 Å². The Hall–Kier alpha value is -2.75. The molecule has 1 aliphatic rings. The first-order valence-electron chi connectivity index (χ1n) is 9.68. The SMILES string of the molecule is COC(=O)c1scc(-c2ccccc2)c1S(=O)(=O)N1CCN(c2ccccc2F)CC1. The van der Waals surface area contributed by atoms with Crippen LogP contribution >= 0.6 is 11.3 Å². The fraction of sp³-hybridized carbons (Fsp3) is 0.227. The Morgan fingerprint density at radius 2 is 1.65 bits per heavy atom. The van der Waals surface area contributed by atoms with E-state index in [1.165, 1.54) is 17.5 Å². The maximum Gasteiger partial charge on any atom is 0.349 e. The lowest BCUT2D eigenvalue weighted by Crippen LogP contribution is -2.49. The van der Waals surface area contributed by atoms with Gasteiger partial charge in [-0.15, -0.1) is 11.3 Å². The van der Waals surface area contributed by atoms with Crippen molar-refractivity contribution in [1.29, 1.82) is 0 Å². The number of esters is 1. The summed E-state index contributed by atoms with van der Waals surface area (Å²) < 4.78 is 47.6. The van der Waals surface area contributed by atoms with Gasteiger partial charge in [-0.05, 0) is 17.7 Å². The number of anilines is 1. The lowest BCUT2D eigenvalue weighted by molar-refractivity contribution is 0.0602. The Morgan fingerprint density at radius 3 is 2.29 bits per heavy atom. The zero-order valence-corrected chi connectivity index (χ0v) is 18.5. The van der Waals surface area contributed by atoms with Crippen LogP contribution in [0.15, 0.2) is 64.9 Å². The van der Waals surface area contributed by atoms with Gasteiger partial charge in [-0.3, -0.25) is 0 Å².